The number of para-hydroxylation sites is 1. The Bertz CT molecular complexity index is 1250. The molecule has 0 spiro atoms. The first kappa shape index (κ1) is 24.0. The van der Waals surface area contributed by atoms with Crippen LogP contribution in [0, 0.1) is 11.6 Å². The third kappa shape index (κ3) is 5.41. The molecular weight excluding hydrogens is 458 g/mol. The fourth-order valence-corrected chi connectivity index (χ4v) is 4.98. The molecule has 1 saturated heterocycles. The quantitative estimate of drug-likeness (QED) is 0.353. The molecule has 186 valence electrons. The van der Waals surface area contributed by atoms with Crippen LogP contribution in [-0.4, -0.2) is 53.1 Å². The second kappa shape index (κ2) is 10.9. The summed E-state index contributed by atoms with van der Waals surface area (Å²) in [6.07, 6.45) is 2.94. The summed E-state index contributed by atoms with van der Waals surface area (Å²) in [7, 11) is 0. The van der Waals surface area contributed by atoms with E-state index in [1.165, 1.54) is 35.2 Å². The van der Waals surface area contributed by atoms with Crippen LogP contribution in [0.1, 0.15) is 23.6 Å². The number of hydrogen-bond donors (Lipinski definition) is 1. The Morgan fingerprint density at radius 3 is 2.06 bits per heavy atom. The molecule has 0 atom stereocenters. The van der Waals surface area contributed by atoms with Gasteiger partial charge in [0.05, 0.1) is 6.04 Å². The SMILES string of the molecule is O=C(NCCCn1ccc2ccccc21)N1CCN(C(c2ccc(F)cc2)c2ccc(F)cc2)CC1. The standard InChI is InChI=1S/C29H30F2N4O/c30-25-10-6-23(7-11-25)28(24-8-12-26(31)13-9-24)34-18-20-35(21-19-34)29(36)32-15-3-16-33-17-14-22-4-1-2-5-27(22)33/h1-2,4-14,17,28H,3,15-16,18-21H2,(H,32,36). The van der Waals surface area contributed by atoms with Gasteiger partial charge in [-0.05, 0) is 59.3 Å². The number of aromatic nitrogens is 1. The van der Waals surface area contributed by atoms with Gasteiger partial charge in [0.25, 0.3) is 0 Å². The maximum atomic E-state index is 13.5. The van der Waals surface area contributed by atoms with E-state index in [4.69, 9.17) is 0 Å². The van der Waals surface area contributed by atoms with E-state index < -0.39 is 0 Å². The molecule has 7 heteroatoms. The van der Waals surface area contributed by atoms with Gasteiger partial charge in [-0.2, -0.15) is 0 Å². The van der Waals surface area contributed by atoms with Crippen molar-refractivity contribution in [2.75, 3.05) is 32.7 Å². The number of amides is 2. The number of carbonyl (C=O) groups excluding carboxylic acids is 1. The lowest BCUT2D eigenvalue weighted by atomic mass is 9.96. The zero-order valence-electron chi connectivity index (χ0n) is 20.1. The average Bonchev–Trinajstić information content (AvgIpc) is 3.32. The first-order valence-corrected chi connectivity index (χ1v) is 12.4. The number of urea groups is 1. The van der Waals surface area contributed by atoms with Crippen molar-refractivity contribution in [1.29, 1.82) is 0 Å². The molecule has 1 aliphatic heterocycles. The van der Waals surface area contributed by atoms with Crippen LogP contribution in [0.25, 0.3) is 10.9 Å². The monoisotopic (exact) mass is 488 g/mol. The Morgan fingerprint density at radius 2 is 1.42 bits per heavy atom. The van der Waals surface area contributed by atoms with E-state index in [-0.39, 0.29) is 23.7 Å². The molecule has 0 bridgehead atoms. The number of hydrogen-bond acceptors (Lipinski definition) is 2. The Hall–Kier alpha value is -3.71. The Balaban J connectivity index is 1.15. The number of rotatable bonds is 7. The predicted molar refractivity (Wildman–Crippen MR) is 138 cm³/mol. The van der Waals surface area contributed by atoms with E-state index in [1.54, 1.807) is 24.3 Å². The summed E-state index contributed by atoms with van der Waals surface area (Å²) in [5.41, 5.74) is 3.09. The van der Waals surface area contributed by atoms with Crippen LogP contribution < -0.4 is 5.32 Å². The molecule has 2 heterocycles. The molecule has 1 N–H and O–H groups in total. The van der Waals surface area contributed by atoms with E-state index in [9.17, 15) is 13.6 Å². The summed E-state index contributed by atoms with van der Waals surface area (Å²) in [5, 5.41) is 4.28. The van der Waals surface area contributed by atoms with Gasteiger partial charge in [-0.1, -0.05) is 42.5 Å². The van der Waals surface area contributed by atoms with Gasteiger partial charge in [-0.15, -0.1) is 0 Å². The lowest BCUT2D eigenvalue weighted by Gasteiger charge is -2.39. The van der Waals surface area contributed by atoms with Crippen molar-refractivity contribution >= 4 is 16.9 Å². The van der Waals surface area contributed by atoms with E-state index in [0.29, 0.717) is 32.7 Å². The highest BCUT2D eigenvalue weighted by atomic mass is 19.1. The molecule has 0 radical (unpaired) electrons. The number of fused-ring (bicyclic) bond motifs is 1. The zero-order valence-corrected chi connectivity index (χ0v) is 20.1. The first-order chi connectivity index (χ1) is 17.6. The maximum absolute atomic E-state index is 13.5. The third-order valence-corrected chi connectivity index (χ3v) is 6.87. The molecule has 0 unspecified atom stereocenters. The zero-order chi connectivity index (χ0) is 24.9. The minimum absolute atomic E-state index is 0.0490. The van der Waals surface area contributed by atoms with Gasteiger partial charge in [-0.25, -0.2) is 13.6 Å². The molecule has 36 heavy (non-hydrogen) atoms. The number of halogens is 2. The minimum Gasteiger partial charge on any atom is -0.347 e. The average molecular weight is 489 g/mol. The van der Waals surface area contributed by atoms with Crippen LogP contribution in [0.2, 0.25) is 0 Å². The number of nitrogens with one attached hydrogen (secondary N) is 1. The summed E-state index contributed by atoms with van der Waals surface area (Å²) in [6.45, 7) is 3.97. The van der Waals surface area contributed by atoms with Gasteiger partial charge >= 0.3 is 6.03 Å². The van der Waals surface area contributed by atoms with Crippen molar-refractivity contribution in [3.8, 4) is 0 Å². The molecule has 4 aromatic rings. The van der Waals surface area contributed by atoms with Crippen LogP contribution in [0.3, 0.4) is 0 Å². The van der Waals surface area contributed by atoms with E-state index in [0.717, 1.165) is 24.1 Å². The number of piperazine rings is 1. The van der Waals surface area contributed by atoms with Crippen molar-refractivity contribution < 1.29 is 13.6 Å². The molecule has 1 aliphatic rings. The molecule has 0 aliphatic carbocycles. The second-order valence-electron chi connectivity index (χ2n) is 9.18. The Labute approximate surface area is 209 Å². The van der Waals surface area contributed by atoms with Crippen LogP contribution in [-0.2, 0) is 6.54 Å². The van der Waals surface area contributed by atoms with Gasteiger partial charge in [0.15, 0.2) is 0 Å². The molecule has 5 rings (SSSR count). The van der Waals surface area contributed by atoms with Crippen molar-refractivity contribution in [3.05, 3.63) is 108 Å². The topological polar surface area (TPSA) is 40.5 Å². The molecule has 2 amide bonds. The van der Waals surface area contributed by atoms with Gasteiger partial charge in [-0.3, -0.25) is 4.90 Å². The summed E-state index contributed by atoms with van der Waals surface area (Å²) in [6, 6.07) is 23.1. The number of benzene rings is 3. The maximum Gasteiger partial charge on any atom is 0.317 e. The van der Waals surface area contributed by atoms with Crippen molar-refractivity contribution in [2.24, 2.45) is 0 Å². The molecular formula is C29H30F2N4O. The van der Waals surface area contributed by atoms with Crippen LogP contribution in [0.5, 0.6) is 0 Å². The summed E-state index contributed by atoms with van der Waals surface area (Å²) >= 11 is 0. The van der Waals surface area contributed by atoms with E-state index in [2.05, 4.69) is 39.2 Å². The Kier molecular flexibility index (Phi) is 7.28. The minimum atomic E-state index is -0.289. The molecule has 1 aromatic heterocycles. The Morgan fingerprint density at radius 1 is 0.806 bits per heavy atom. The predicted octanol–water partition coefficient (Wildman–Crippen LogP) is 5.43. The van der Waals surface area contributed by atoms with Crippen LogP contribution in [0.4, 0.5) is 13.6 Å². The summed E-state index contributed by atoms with van der Waals surface area (Å²) in [4.78, 5) is 16.9. The van der Waals surface area contributed by atoms with Gasteiger partial charge < -0.3 is 14.8 Å². The van der Waals surface area contributed by atoms with Crippen molar-refractivity contribution in [1.82, 2.24) is 19.7 Å². The number of nitrogens with zero attached hydrogens (tertiary/aromatic N) is 3. The van der Waals surface area contributed by atoms with Gasteiger partial charge in [0, 0.05) is 51.0 Å². The largest absolute Gasteiger partial charge is 0.347 e. The van der Waals surface area contributed by atoms with Crippen molar-refractivity contribution in [2.45, 2.75) is 19.0 Å². The lowest BCUT2D eigenvalue weighted by molar-refractivity contribution is 0.120. The third-order valence-electron chi connectivity index (χ3n) is 6.87. The molecule has 3 aromatic carbocycles. The summed E-state index contributed by atoms with van der Waals surface area (Å²) in [5.74, 6) is -0.578. The second-order valence-corrected chi connectivity index (χ2v) is 9.18. The first-order valence-electron chi connectivity index (χ1n) is 12.4. The van der Waals surface area contributed by atoms with Gasteiger partial charge in [0.1, 0.15) is 11.6 Å². The fourth-order valence-electron chi connectivity index (χ4n) is 4.98. The van der Waals surface area contributed by atoms with E-state index in [1.807, 2.05) is 17.0 Å². The normalized spacial score (nSPS) is 14.5. The fraction of sp³-hybridized carbons (Fsp3) is 0.276. The van der Waals surface area contributed by atoms with Crippen molar-refractivity contribution in [3.63, 3.8) is 0 Å². The van der Waals surface area contributed by atoms with E-state index >= 15 is 0 Å². The highest BCUT2D eigenvalue weighted by molar-refractivity contribution is 5.79. The molecule has 5 nitrogen and oxygen atoms in total. The number of carbonyl (C=O) groups is 1. The smallest absolute Gasteiger partial charge is 0.317 e. The van der Waals surface area contributed by atoms with Crippen LogP contribution >= 0.6 is 0 Å². The molecule has 1 fully saturated rings. The van der Waals surface area contributed by atoms with Crippen LogP contribution in [0.15, 0.2) is 85.1 Å². The number of aryl methyl sites for hydroxylation is 1. The lowest BCUT2D eigenvalue weighted by Crippen LogP contribution is -2.52. The highest BCUT2D eigenvalue weighted by Gasteiger charge is 2.28. The molecule has 0 saturated carbocycles. The summed E-state index contributed by atoms with van der Waals surface area (Å²) < 4.78 is 29.3. The van der Waals surface area contributed by atoms with Gasteiger partial charge in [0.2, 0.25) is 0 Å². The highest BCUT2D eigenvalue weighted by Crippen LogP contribution is 2.30.